The first-order valence-corrected chi connectivity index (χ1v) is 13.4. The van der Waals surface area contributed by atoms with E-state index in [4.69, 9.17) is 4.42 Å². The van der Waals surface area contributed by atoms with E-state index < -0.39 is 21.6 Å². The number of carbonyl (C=O) groups excluding carboxylic acids is 1. The van der Waals surface area contributed by atoms with Crippen LogP contribution in [0.15, 0.2) is 80.4 Å². The van der Waals surface area contributed by atoms with Gasteiger partial charge in [0, 0.05) is 26.2 Å². The van der Waals surface area contributed by atoms with Crippen molar-refractivity contribution in [2.45, 2.75) is 16.8 Å². The van der Waals surface area contributed by atoms with Gasteiger partial charge in [-0.15, -0.1) is 11.3 Å². The highest BCUT2D eigenvalue weighted by atomic mass is 32.2. The summed E-state index contributed by atoms with van der Waals surface area (Å²) < 4.78 is 47.2. The normalized spacial score (nSPS) is 14.3. The average Bonchev–Trinajstić information content (AvgIpc) is 3.55. The first kappa shape index (κ1) is 23.3. The maximum atomic E-state index is 14.1. The van der Waals surface area contributed by atoms with Crippen molar-refractivity contribution in [3.8, 4) is 10.8 Å². The maximum absolute atomic E-state index is 14.1. The minimum atomic E-state index is -3.96. The van der Waals surface area contributed by atoms with Crippen LogP contribution in [-0.4, -0.2) is 50.4 Å². The van der Waals surface area contributed by atoms with Crippen molar-refractivity contribution < 1.29 is 22.0 Å². The molecule has 1 aliphatic heterocycles. The van der Waals surface area contributed by atoms with Crippen molar-refractivity contribution in [1.82, 2.24) is 9.88 Å². The Morgan fingerprint density at radius 2 is 1.71 bits per heavy atom. The summed E-state index contributed by atoms with van der Waals surface area (Å²) in [4.78, 5) is 21.4. The zero-order valence-corrected chi connectivity index (χ0v) is 20.5. The Kier molecular flexibility index (Phi) is 6.16. The number of aryl methyl sites for hydroxylation is 1. The van der Waals surface area contributed by atoms with Gasteiger partial charge in [0.25, 0.3) is 5.91 Å². The van der Waals surface area contributed by atoms with E-state index >= 15 is 0 Å². The van der Waals surface area contributed by atoms with Crippen LogP contribution in [0.3, 0.4) is 0 Å². The molecule has 3 heterocycles. The summed E-state index contributed by atoms with van der Waals surface area (Å²) in [7, 11) is -3.96. The minimum absolute atomic E-state index is 0.0169. The number of thiophene rings is 1. The number of sulfone groups is 1. The van der Waals surface area contributed by atoms with Gasteiger partial charge in [-0.2, -0.15) is 4.98 Å². The molecule has 0 bridgehead atoms. The van der Waals surface area contributed by atoms with Crippen molar-refractivity contribution >= 4 is 33.0 Å². The fraction of sp³-hybridized carbons (Fsp3) is 0.200. The number of carbonyl (C=O) groups is 1. The molecule has 35 heavy (non-hydrogen) atoms. The molecule has 1 aliphatic rings. The van der Waals surface area contributed by atoms with E-state index in [0.29, 0.717) is 18.0 Å². The van der Waals surface area contributed by atoms with E-state index in [-0.39, 0.29) is 40.3 Å². The topological polar surface area (TPSA) is 83.7 Å². The van der Waals surface area contributed by atoms with Crippen LogP contribution in [0.25, 0.3) is 10.8 Å². The second kappa shape index (κ2) is 9.27. The second-order valence-corrected chi connectivity index (χ2v) is 11.0. The van der Waals surface area contributed by atoms with E-state index in [1.54, 1.807) is 40.1 Å². The smallest absolute Gasteiger partial charge is 0.256 e. The summed E-state index contributed by atoms with van der Waals surface area (Å²) in [5, 5.41) is 1.71. The molecule has 180 valence electrons. The molecule has 0 N–H and O–H groups in total. The summed E-state index contributed by atoms with van der Waals surface area (Å²) in [6, 6.07) is 16.1. The molecule has 2 aromatic heterocycles. The SMILES string of the molecule is Cc1ccc(S(=O)(=O)c2nc(-c3cccs3)oc2N2CCN(C(=O)c3ccccc3F)CC2)cc1. The zero-order chi connectivity index (χ0) is 24.6. The molecule has 0 atom stereocenters. The fourth-order valence-electron chi connectivity index (χ4n) is 3.93. The Hall–Kier alpha value is -3.50. The average molecular weight is 512 g/mol. The fourth-order valence-corrected chi connectivity index (χ4v) is 5.90. The first-order valence-electron chi connectivity index (χ1n) is 11.0. The van der Waals surface area contributed by atoms with Crippen LogP contribution in [0.2, 0.25) is 0 Å². The predicted molar refractivity (Wildman–Crippen MR) is 131 cm³/mol. The van der Waals surface area contributed by atoms with E-state index in [1.165, 1.54) is 29.5 Å². The molecule has 1 amide bonds. The van der Waals surface area contributed by atoms with Crippen LogP contribution in [0.1, 0.15) is 15.9 Å². The lowest BCUT2D eigenvalue weighted by molar-refractivity contribution is 0.0740. The van der Waals surface area contributed by atoms with Gasteiger partial charge in [-0.25, -0.2) is 12.8 Å². The Balaban J connectivity index is 1.45. The van der Waals surface area contributed by atoms with Gasteiger partial charge in [0.1, 0.15) is 5.82 Å². The number of aromatic nitrogens is 1. The Labute approximate surface area is 206 Å². The van der Waals surface area contributed by atoms with Gasteiger partial charge in [-0.05, 0) is 42.6 Å². The van der Waals surface area contributed by atoms with Crippen LogP contribution >= 0.6 is 11.3 Å². The van der Waals surface area contributed by atoms with Gasteiger partial charge in [0.15, 0.2) is 0 Å². The largest absolute Gasteiger partial charge is 0.418 e. The quantitative estimate of drug-likeness (QED) is 0.388. The molecule has 2 aromatic carbocycles. The third kappa shape index (κ3) is 4.46. The van der Waals surface area contributed by atoms with Crippen LogP contribution in [-0.2, 0) is 9.84 Å². The van der Waals surface area contributed by atoms with Crippen LogP contribution in [0, 0.1) is 12.7 Å². The monoisotopic (exact) mass is 511 g/mol. The van der Waals surface area contributed by atoms with Gasteiger partial charge in [0.2, 0.25) is 26.6 Å². The van der Waals surface area contributed by atoms with Gasteiger partial charge >= 0.3 is 0 Å². The number of amides is 1. The summed E-state index contributed by atoms with van der Waals surface area (Å²) >= 11 is 1.40. The molecule has 0 unspecified atom stereocenters. The van der Waals surface area contributed by atoms with Gasteiger partial charge < -0.3 is 14.2 Å². The van der Waals surface area contributed by atoms with Crippen molar-refractivity contribution in [1.29, 1.82) is 0 Å². The van der Waals surface area contributed by atoms with Crippen LogP contribution < -0.4 is 4.90 Å². The summed E-state index contributed by atoms with van der Waals surface area (Å²) in [6.07, 6.45) is 0. The Bertz CT molecular complexity index is 1460. The predicted octanol–water partition coefficient (Wildman–Crippen LogP) is 4.65. The van der Waals surface area contributed by atoms with Crippen molar-refractivity contribution in [3.05, 3.63) is 83.0 Å². The molecule has 1 saturated heterocycles. The molecule has 1 fully saturated rings. The van der Waals surface area contributed by atoms with Crippen LogP contribution in [0.4, 0.5) is 10.3 Å². The molecule has 0 aliphatic carbocycles. The first-order chi connectivity index (χ1) is 16.8. The molecule has 0 radical (unpaired) electrons. The lowest BCUT2D eigenvalue weighted by Gasteiger charge is -2.34. The second-order valence-electron chi connectivity index (χ2n) is 8.18. The number of hydrogen-bond acceptors (Lipinski definition) is 7. The van der Waals surface area contributed by atoms with Gasteiger partial charge in [-0.3, -0.25) is 4.79 Å². The molecule has 7 nitrogen and oxygen atoms in total. The molecular formula is C25H22FN3O4S2. The van der Waals surface area contributed by atoms with E-state index in [9.17, 15) is 17.6 Å². The third-order valence-corrected chi connectivity index (χ3v) is 8.38. The minimum Gasteiger partial charge on any atom is -0.418 e. The summed E-state index contributed by atoms with van der Waals surface area (Å²) in [5.41, 5.74) is 0.961. The molecule has 4 aromatic rings. The number of anilines is 1. The van der Waals surface area contributed by atoms with E-state index in [1.807, 2.05) is 24.4 Å². The number of hydrogen-bond donors (Lipinski definition) is 0. The summed E-state index contributed by atoms with van der Waals surface area (Å²) in [6.45, 7) is 3.08. The van der Waals surface area contributed by atoms with E-state index in [2.05, 4.69) is 4.98 Å². The molecular weight excluding hydrogens is 489 g/mol. The van der Waals surface area contributed by atoms with Gasteiger partial charge in [0.05, 0.1) is 15.3 Å². The highest BCUT2D eigenvalue weighted by molar-refractivity contribution is 7.91. The lowest BCUT2D eigenvalue weighted by Crippen LogP contribution is -2.49. The number of oxazole rings is 1. The number of nitrogens with zero attached hydrogens (tertiary/aromatic N) is 3. The molecule has 5 rings (SSSR count). The highest BCUT2D eigenvalue weighted by Gasteiger charge is 2.34. The number of piperazine rings is 1. The van der Waals surface area contributed by atoms with Crippen molar-refractivity contribution in [2.24, 2.45) is 0 Å². The number of rotatable bonds is 5. The van der Waals surface area contributed by atoms with Crippen molar-refractivity contribution in [3.63, 3.8) is 0 Å². The lowest BCUT2D eigenvalue weighted by atomic mass is 10.1. The van der Waals surface area contributed by atoms with Gasteiger partial charge in [-0.1, -0.05) is 35.9 Å². The third-order valence-electron chi connectivity index (χ3n) is 5.86. The molecule has 10 heteroatoms. The zero-order valence-electron chi connectivity index (χ0n) is 18.8. The van der Waals surface area contributed by atoms with Crippen LogP contribution in [0.5, 0.6) is 0 Å². The maximum Gasteiger partial charge on any atom is 0.256 e. The van der Waals surface area contributed by atoms with E-state index in [0.717, 1.165) is 5.56 Å². The van der Waals surface area contributed by atoms with Crippen molar-refractivity contribution in [2.75, 3.05) is 31.1 Å². The highest BCUT2D eigenvalue weighted by Crippen LogP contribution is 2.36. The Morgan fingerprint density at radius 3 is 2.37 bits per heavy atom. The Morgan fingerprint density at radius 1 is 1.00 bits per heavy atom. The molecule has 0 saturated carbocycles. The number of benzene rings is 2. The summed E-state index contributed by atoms with van der Waals surface area (Å²) in [5.74, 6) is -0.591. The molecule has 0 spiro atoms. The number of halogens is 1. The standard InChI is InChI=1S/C25H22FN3O4S2/c1-17-8-10-18(11-9-17)35(31,32)23-25(33-22(27-23)21-7-4-16-34-21)29-14-12-28(13-15-29)24(30)19-5-2-3-6-20(19)26/h2-11,16H,12-15H2,1H3.